The van der Waals surface area contributed by atoms with Crippen LogP contribution >= 0.6 is 0 Å². The van der Waals surface area contributed by atoms with Crippen LogP contribution in [0.2, 0.25) is 0 Å². The van der Waals surface area contributed by atoms with Crippen LogP contribution in [-0.2, 0) is 4.79 Å². The van der Waals surface area contributed by atoms with Crippen molar-refractivity contribution in [2.75, 3.05) is 5.32 Å². The molecule has 1 aromatic carbocycles. The molecule has 1 rings (SSSR count). The standard InChI is InChI=1S/C9H7F2NO2/c10-6-1-2-7(11)8(5-6)12-4-3-9(13)14/h1-5,12H,(H,13,14)/b4-3+. The van der Waals surface area contributed by atoms with Gasteiger partial charge in [-0.25, -0.2) is 13.6 Å². The van der Waals surface area contributed by atoms with Gasteiger partial charge in [-0.15, -0.1) is 0 Å². The van der Waals surface area contributed by atoms with E-state index in [1.807, 2.05) is 0 Å². The summed E-state index contributed by atoms with van der Waals surface area (Å²) in [6, 6.07) is 2.86. The molecule has 0 spiro atoms. The van der Waals surface area contributed by atoms with Crippen LogP contribution < -0.4 is 5.32 Å². The van der Waals surface area contributed by atoms with E-state index in [1.165, 1.54) is 0 Å². The second-order valence-corrected chi connectivity index (χ2v) is 2.44. The monoisotopic (exact) mass is 199 g/mol. The third-order valence-corrected chi connectivity index (χ3v) is 1.39. The first-order chi connectivity index (χ1) is 6.59. The predicted octanol–water partition coefficient (Wildman–Crippen LogP) is 1.98. The van der Waals surface area contributed by atoms with Crippen molar-refractivity contribution in [2.24, 2.45) is 0 Å². The molecule has 2 N–H and O–H groups in total. The van der Waals surface area contributed by atoms with Gasteiger partial charge in [0.15, 0.2) is 0 Å². The fraction of sp³-hybridized carbons (Fsp3) is 0. The van der Waals surface area contributed by atoms with Gasteiger partial charge in [0.05, 0.1) is 5.69 Å². The van der Waals surface area contributed by atoms with Crippen molar-refractivity contribution < 1.29 is 18.7 Å². The van der Waals surface area contributed by atoms with E-state index in [4.69, 9.17) is 5.11 Å². The summed E-state index contributed by atoms with van der Waals surface area (Å²) in [6.07, 6.45) is 1.80. The van der Waals surface area contributed by atoms with Crippen LogP contribution in [0, 0.1) is 11.6 Å². The highest BCUT2D eigenvalue weighted by Crippen LogP contribution is 2.14. The average molecular weight is 199 g/mol. The van der Waals surface area contributed by atoms with Crippen molar-refractivity contribution in [1.82, 2.24) is 0 Å². The van der Waals surface area contributed by atoms with Crippen LogP contribution in [0.4, 0.5) is 14.5 Å². The normalized spacial score (nSPS) is 10.4. The molecule has 0 heterocycles. The average Bonchev–Trinajstić information content (AvgIpc) is 2.10. The molecule has 0 aliphatic rings. The lowest BCUT2D eigenvalue weighted by Crippen LogP contribution is -1.95. The van der Waals surface area contributed by atoms with Gasteiger partial charge in [-0.2, -0.15) is 0 Å². The van der Waals surface area contributed by atoms with E-state index >= 15 is 0 Å². The highest BCUT2D eigenvalue weighted by Gasteiger charge is 2.00. The fourth-order valence-corrected chi connectivity index (χ4v) is 0.811. The van der Waals surface area contributed by atoms with Crippen molar-refractivity contribution in [2.45, 2.75) is 0 Å². The van der Waals surface area contributed by atoms with Gasteiger partial charge in [0, 0.05) is 18.3 Å². The molecule has 0 aromatic heterocycles. The lowest BCUT2D eigenvalue weighted by Gasteiger charge is -2.01. The molecule has 0 saturated heterocycles. The maximum atomic E-state index is 12.9. The second-order valence-electron chi connectivity index (χ2n) is 2.44. The zero-order valence-corrected chi connectivity index (χ0v) is 7.00. The van der Waals surface area contributed by atoms with Gasteiger partial charge in [0.1, 0.15) is 11.6 Å². The number of hydrogen-bond acceptors (Lipinski definition) is 2. The Morgan fingerprint density at radius 3 is 2.79 bits per heavy atom. The Bertz CT molecular complexity index is 377. The van der Waals surface area contributed by atoms with Gasteiger partial charge in [0.25, 0.3) is 0 Å². The number of carboxylic acids is 1. The summed E-state index contributed by atoms with van der Waals surface area (Å²) >= 11 is 0. The molecule has 0 saturated carbocycles. The highest BCUT2D eigenvalue weighted by molar-refractivity contribution is 5.80. The summed E-state index contributed by atoms with van der Waals surface area (Å²) in [6.45, 7) is 0. The zero-order valence-electron chi connectivity index (χ0n) is 7.00. The SMILES string of the molecule is O=C(O)/C=C/Nc1cc(F)ccc1F. The van der Waals surface area contributed by atoms with Crippen LogP contribution in [0.5, 0.6) is 0 Å². The van der Waals surface area contributed by atoms with E-state index in [0.717, 1.165) is 30.5 Å². The van der Waals surface area contributed by atoms with E-state index in [-0.39, 0.29) is 5.69 Å². The number of halogens is 2. The third kappa shape index (κ3) is 2.85. The first kappa shape index (κ1) is 10.2. The number of carbonyl (C=O) groups is 1. The molecular formula is C9H7F2NO2. The van der Waals surface area contributed by atoms with Crippen molar-refractivity contribution >= 4 is 11.7 Å². The summed E-state index contributed by atoms with van der Waals surface area (Å²) in [5.41, 5.74) is -0.109. The Hall–Kier alpha value is -1.91. The maximum Gasteiger partial charge on any atom is 0.329 e. The number of nitrogens with one attached hydrogen (secondary N) is 1. The molecule has 5 heteroatoms. The molecular weight excluding hydrogens is 192 g/mol. The molecule has 0 bridgehead atoms. The summed E-state index contributed by atoms with van der Waals surface area (Å²) in [5, 5.41) is 10.5. The lowest BCUT2D eigenvalue weighted by molar-refractivity contribution is -0.131. The van der Waals surface area contributed by atoms with Crippen LogP contribution in [0.25, 0.3) is 0 Å². The smallest absolute Gasteiger partial charge is 0.329 e. The molecule has 0 atom stereocenters. The van der Waals surface area contributed by atoms with Crippen molar-refractivity contribution in [1.29, 1.82) is 0 Å². The number of anilines is 1. The number of benzene rings is 1. The molecule has 1 aromatic rings. The van der Waals surface area contributed by atoms with E-state index in [9.17, 15) is 13.6 Å². The summed E-state index contributed by atoms with van der Waals surface area (Å²) in [4.78, 5) is 10.0. The topological polar surface area (TPSA) is 49.3 Å². The van der Waals surface area contributed by atoms with Crippen LogP contribution in [0.1, 0.15) is 0 Å². The van der Waals surface area contributed by atoms with Crippen molar-refractivity contribution in [3.63, 3.8) is 0 Å². The molecule has 0 aliphatic heterocycles. The fourth-order valence-electron chi connectivity index (χ4n) is 0.811. The highest BCUT2D eigenvalue weighted by atomic mass is 19.1. The summed E-state index contributed by atoms with van der Waals surface area (Å²) < 4.78 is 25.5. The number of hydrogen-bond donors (Lipinski definition) is 2. The Morgan fingerprint density at radius 2 is 2.14 bits per heavy atom. The molecule has 0 aliphatic carbocycles. The number of aliphatic carboxylic acids is 1. The van der Waals surface area contributed by atoms with Crippen LogP contribution in [-0.4, -0.2) is 11.1 Å². The van der Waals surface area contributed by atoms with E-state index < -0.39 is 17.6 Å². The molecule has 14 heavy (non-hydrogen) atoms. The maximum absolute atomic E-state index is 12.9. The van der Waals surface area contributed by atoms with Gasteiger partial charge < -0.3 is 10.4 Å². The molecule has 0 amide bonds. The number of rotatable bonds is 3. The van der Waals surface area contributed by atoms with Crippen molar-refractivity contribution in [3.8, 4) is 0 Å². The van der Waals surface area contributed by atoms with Gasteiger partial charge in [0.2, 0.25) is 0 Å². The van der Waals surface area contributed by atoms with Gasteiger partial charge in [-0.05, 0) is 12.1 Å². The summed E-state index contributed by atoms with van der Waals surface area (Å²) in [5.74, 6) is -2.42. The summed E-state index contributed by atoms with van der Waals surface area (Å²) in [7, 11) is 0. The van der Waals surface area contributed by atoms with Gasteiger partial charge >= 0.3 is 5.97 Å². The van der Waals surface area contributed by atoms with Crippen molar-refractivity contribution in [3.05, 3.63) is 42.1 Å². The molecule has 0 unspecified atom stereocenters. The van der Waals surface area contributed by atoms with E-state index in [0.29, 0.717) is 0 Å². The van der Waals surface area contributed by atoms with E-state index in [2.05, 4.69) is 5.32 Å². The number of carboxylic acid groups (broad SMARTS) is 1. The van der Waals surface area contributed by atoms with E-state index in [1.54, 1.807) is 0 Å². The molecule has 0 radical (unpaired) electrons. The zero-order chi connectivity index (χ0) is 10.6. The minimum atomic E-state index is -1.17. The molecule has 3 nitrogen and oxygen atoms in total. The minimum Gasteiger partial charge on any atom is -0.478 e. The second kappa shape index (κ2) is 4.36. The van der Waals surface area contributed by atoms with Gasteiger partial charge in [-0.1, -0.05) is 0 Å². The van der Waals surface area contributed by atoms with Gasteiger partial charge in [-0.3, -0.25) is 0 Å². The molecule has 0 fully saturated rings. The van der Waals surface area contributed by atoms with Crippen LogP contribution in [0.15, 0.2) is 30.5 Å². The Morgan fingerprint density at radius 1 is 1.43 bits per heavy atom. The Balaban J connectivity index is 2.76. The largest absolute Gasteiger partial charge is 0.478 e. The quantitative estimate of drug-likeness (QED) is 0.731. The first-order valence-corrected chi connectivity index (χ1v) is 3.70. The van der Waals surface area contributed by atoms with Crippen LogP contribution in [0.3, 0.4) is 0 Å². The first-order valence-electron chi connectivity index (χ1n) is 3.70. The molecule has 74 valence electrons. The Kier molecular flexibility index (Phi) is 3.17. The third-order valence-electron chi connectivity index (χ3n) is 1.39. The Labute approximate surface area is 78.7 Å². The predicted molar refractivity (Wildman–Crippen MR) is 46.8 cm³/mol. The lowest BCUT2D eigenvalue weighted by atomic mass is 10.3. The minimum absolute atomic E-state index is 0.109.